The first kappa shape index (κ1) is 29.2. The molecule has 6 heteroatoms. The third kappa shape index (κ3) is 5.16. The molecule has 0 radical (unpaired) electrons. The van der Waals surface area contributed by atoms with E-state index in [2.05, 4.69) is 133 Å². The van der Waals surface area contributed by atoms with Gasteiger partial charge in [-0.05, 0) is 23.3 Å². The van der Waals surface area contributed by atoms with E-state index in [4.69, 9.17) is 20.6 Å². The lowest BCUT2D eigenvalue weighted by atomic mass is 9.89. The molecule has 8 aromatic rings. The van der Waals surface area contributed by atoms with E-state index in [1.54, 1.807) is 0 Å². The average Bonchev–Trinajstić information content (AvgIpc) is 3.82. The highest BCUT2D eigenvalue weighted by Gasteiger charge is 2.31. The van der Waals surface area contributed by atoms with Crippen LogP contribution in [0, 0.1) is 0 Å². The van der Waals surface area contributed by atoms with Gasteiger partial charge in [0.1, 0.15) is 22.8 Å². The second-order valence-electron chi connectivity index (χ2n) is 12.1. The van der Waals surface area contributed by atoms with E-state index in [9.17, 15) is 0 Å². The third-order valence-corrected chi connectivity index (χ3v) is 9.02. The highest BCUT2D eigenvalue weighted by Crippen LogP contribution is 2.47. The van der Waals surface area contributed by atoms with Crippen molar-refractivity contribution in [3.8, 4) is 45.0 Å². The molecule has 0 atom stereocenters. The van der Waals surface area contributed by atoms with Crippen molar-refractivity contribution in [3.05, 3.63) is 192 Å². The molecule has 0 bridgehead atoms. The fourth-order valence-electron chi connectivity index (χ4n) is 6.70. The monoisotopic (exact) mass is 642 g/mol. The predicted molar refractivity (Wildman–Crippen MR) is 201 cm³/mol. The lowest BCUT2D eigenvalue weighted by Gasteiger charge is -2.20. The smallest absolute Gasteiger partial charge is 0.122 e. The molecule has 0 N–H and O–H groups in total. The van der Waals surface area contributed by atoms with Crippen LogP contribution in [0.2, 0.25) is 0 Å². The minimum Gasteiger partial charge on any atom is -0.212 e. The molecule has 2 heterocycles. The summed E-state index contributed by atoms with van der Waals surface area (Å²) in [6, 6.07) is 58.1. The van der Waals surface area contributed by atoms with Crippen molar-refractivity contribution in [2.24, 2.45) is 0 Å². The van der Waals surface area contributed by atoms with Gasteiger partial charge in [0.15, 0.2) is 0 Å². The number of aromatic nitrogens is 6. The summed E-state index contributed by atoms with van der Waals surface area (Å²) < 4.78 is 3.96. The molecule has 1 aliphatic rings. The first-order chi connectivity index (χ1) is 24.8. The molecule has 50 heavy (non-hydrogen) atoms. The summed E-state index contributed by atoms with van der Waals surface area (Å²) in [5, 5.41) is 19.7. The molecule has 0 amide bonds. The molecule has 0 fully saturated rings. The van der Waals surface area contributed by atoms with E-state index in [1.165, 1.54) is 0 Å². The van der Waals surface area contributed by atoms with Crippen molar-refractivity contribution in [2.45, 2.75) is 0 Å². The van der Waals surface area contributed by atoms with E-state index in [0.29, 0.717) is 0 Å². The van der Waals surface area contributed by atoms with Crippen LogP contribution in [0.4, 0.5) is 0 Å². The summed E-state index contributed by atoms with van der Waals surface area (Å²) in [6.07, 6.45) is 4.33. The Balaban J connectivity index is 1.33. The SMILES string of the molecule is C(=C(/c1ccccc1)n1nnc2c1-c1ccccc1-c1nnn(/C(=C/c3ccccc3)c3ccccc3)c1-c1ccccc1-2)/c1ccccc1. The minimum atomic E-state index is 0.787. The van der Waals surface area contributed by atoms with E-state index in [1.807, 2.05) is 57.9 Å². The van der Waals surface area contributed by atoms with Gasteiger partial charge in [-0.2, -0.15) is 0 Å². The van der Waals surface area contributed by atoms with Gasteiger partial charge in [0.25, 0.3) is 0 Å². The van der Waals surface area contributed by atoms with Crippen LogP contribution in [0.3, 0.4) is 0 Å². The maximum absolute atomic E-state index is 4.95. The third-order valence-electron chi connectivity index (χ3n) is 9.02. The molecule has 6 nitrogen and oxygen atoms in total. The van der Waals surface area contributed by atoms with Gasteiger partial charge in [-0.3, -0.25) is 0 Å². The summed E-state index contributed by atoms with van der Waals surface area (Å²) in [7, 11) is 0. The molecule has 0 unspecified atom stereocenters. The van der Waals surface area contributed by atoms with Crippen LogP contribution in [-0.2, 0) is 0 Å². The second-order valence-corrected chi connectivity index (χ2v) is 12.1. The molecular formula is C44H30N6. The van der Waals surface area contributed by atoms with E-state index in [0.717, 1.165) is 78.7 Å². The Bertz CT molecular complexity index is 2330. The first-order valence-corrected chi connectivity index (χ1v) is 16.6. The van der Waals surface area contributed by atoms with E-state index >= 15 is 0 Å². The van der Waals surface area contributed by atoms with Crippen LogP contribution in [0.5, 0.6) is 0 Å². The van der Waals surface area contributed by atoms with Crippen LogP contribution in [0.15, 0.2) is 170 Å². The predicted octanol–water partition coefficient (Wildman–Crippen LogP) is 9.94. The molecule has 9 rings (SSSR count). The van der Waals surface area contributed by atoms with Crippen molar-refractivity contribution >= 4 is 23.5 Å². The Morgan fingerprint density at radius 1 is 0.360 bits per heavy atom. The van der Waals surface area contributed by atoms with Crippen LogP contribution in [-0.4, -0.2) is 30.0 Å². The Kier molecular flexibility index (Phi) is 7.37. The van der Waals surface area contributed by atoms with Crippen LogP contribution >= 0.6 is 0 Å². The van der Waals surface area contributed by atoms with Crippen LogP contribution in [0.1, 0.15) is 22.3 Å². The van der Waals surface area contributed by atoms with Crippen LogP contribution < -0.4 is 0 Å². The number of benzene rings is 6. The summed E-state index contributed by atoms with van der Waals surface area (Å²) >= 11 is 0. The standard InChI is InChI=1S/C44H30N6/c1-5-17-31(18-6-1)29-39(33-21-9-3-10-22-33)49-43-37-27-15-13-25-35(37)42-44(38-28-16-14-26-36(38)41(43)45-47-49)50(48-46-42)40(34-23-11-4-12-24-34)30-32-19-7-2-8-20-32/h1-30H/b39-29+,40-30+,41-36?,42-35?,43-37?,44-38?. The molecule has 0 spiro atoms. The van der Waals surface area contributed by atoms with Gasteiger partial charge in [0.2, 0.25) is 0 Å². The Morgan fingerprint density at radius 2 is 0.680 bits per heavy atom. The molecular weight excluding hydrogens is 613 g/mol. The van der Waals surface area contributed by atoms with Crippen molar-refractivity contribution in [2.75, 3.05) is 0 Å². The zero-order valence-corrected chi connectivity index (χ0v) is 27.0. The second kappa shape index (κ2) is 12.6. The molecule has 6 aromatic carbocycles. The minimum absolute atomic E-state index is 0.787. The number of hydrogen-bond acceptors (Lipinski definition) is 4. The van der Waals surface area contributed by atoms with Gasteiger partial charge < -0.3 is 0 Å². The summed E-state index contributed by atoms with van der Waals surface area (Å²) in [5.74, 6) is 0. The highest BCUT2D eigenvalue weighted by atomic mass is 15.4. The topological polar surface area (TPSA) is 61.4 Å². The maximum atomic E-state index is 4.95. The van der Waals surface area contributed by atoms with Gasteiger partial charge in [-0.25, -0.2) is 9.36 Å². The Labute approximate surface area is 289 Å². The van der Waals surface area contributed by atoms with Gasteiger partial charge >= 0.3 is 0 Å². The molecule has 0 saturated heterocycles. The molecule has 1 aliphatic carbocycles. The Morgan fingerprint density at radius 3 is 1.06 bits per heavy atom. The fourth-order valence-corrected chi connectivity index (χ4v) is 6.70. The zero-order valence-electron chi connectivity index (χ0n) is 27.0. The summed E-state index contributed by atoms with van der Waals surface area (Å²) in [6.45, 7) is 0. The van der Waals surface area contributed by atoms with Crippen molar-refractivity contribution in [1.82, 2.24) is 30.0 Å². The van der Waals surface area contributed by atoms with Crippen molar-refractivity contribution < 1.29 is 0 Å². The maximum Gasteiger partial charge on any atom is 0.122 e. The first-order valence-electron chi connectivity index (χ1n) is 16.6. The highest BCUT2D eigenvalue weighted by molar-refractivity contribution is 6.01. The Hall–Kier alpha value is -6.92. The van der Waals surface area contributed by atoms with Gasteiger partial charge in [-0.1, -0.05) is 180 Å². The normalized spacial score (nSPS) is 12.2. The number of nitrogens with zero attached hydrogens (tertiary/aromatic N) is 6. The summed E-state index contributed by atoms with van der Waals surface area (Å²) in [4.78, 5) is 0. The van der Waals surface area contributed by atoms with E-state index < -0.39 is 0 Å². The lowest BCUT2D eigenvalue weighted by molar-refractivity contribution is 0.825. The van der Waals surface area contributed by atoms with Gasteiger partial charge in [-0.15, -0.1) is 10.2 Å². The van der Waals surface area contributed by atoms with E-state index in [-0.39, 0.29) is 0 Å². The molecule has 236 valence electrons. The van der Waals surface area contributed by atoms with Crippen molar-refractivity contribution in [3.63, 3.8) is 0 Å². The average molecular weight is 643 g/mol. The zero-order chi connectivity index (χ0) is 33.3. The lowest BCUT2D eigenvalue weighted by Crippen LogP contribution is -2.07. The van der Waals surface area contributed by atoms with Gasteiger partial charge in [0, 0.05) is 33.4 Å². The molecule has 2 aromatic heterocycles. The number of rotatable bonds is 6. The number of fused-ring (bicyclic) bond motifs is 8. The summed E-state index contributed by atoms with van der Waals surface area (Å²) in [5.41, 5.74) is 13.2. The number of hydrogen-bond donors (Lipinski definition) is 0. The molecule has 0 saturated carbocycles. The van der Waals surface area contributed by atoms with Crippen molar-refractivity contribution in [1.29, 1.82) is 0 Å². The fraction of sp³-hybridized carbons (Fsp3) is 0. The quantitative estimate of drug-likeness (QED) is 0.169. The largest absolute Gasteiger partial charge is 0.212 e. The van der Waals surface area contributed by atoms with Gasteiger partial charge in [0.05, 0.1) is 11.4 Å². The van der Waals surface area contributed by atoms with Crippen LogP contribution in [0.25, 0.3) is 68.6 Å². The molecule has 0 aliphatic heterocycles.